The van der Waals surface area contributed by atoms with Crippen molar-refractivity contribution in [3.63, 3.8) is 0 Å². The van der Waals surface area contributed by atoms with Crippen LogP contribution in [-0.2, 0) is 6.42 Å². The van der Waals surface area contributed by atoms with Gasteiger partial charge in [-0.3, -0.25) is 5.10 Å². The first-order valence-electron chi connectivity index (χ1n) is 4.01. The number of fused-ring (bicyclic) bond motifs is 1. The molecule has 0 spiro atoms. The molecule has 1 aromatic rings. The minimum atomic E-state index is 1.12. The van der Waals surface area contributed by atoms with E-state index in [9.17, 15) is 0 Å². The topological polar surface area (TPSA) is 28.7 Å². The molecule has 1 heterocycles. The highest BCUT2D eigenvalue weighted by Crippen LogP contribution is 2.28. The molecule has 0 atom stereocenters. The highest BCUT2D eigenvalue weighted by molar-refractivity contribution is 5.65. The molecule has 11 heavy (non-hydrogen) atoms. The van der Waals surface area contributed by atoms with Gasteiger partial charge in [0.2, 0.25) is 0 Å². The Morgan fingerprint density at radius 3 is 3.00 bits per heavy atom. The van der Waals surface area contributed by atoms with E-state index in [1.54, 1.807) is 0 Å². The van der Waals surface area contributed by atoms with Crippen LogP contribution in [0, 0.1) is 6.92 Å². The maximum Gasteiger partial charge on any atom is 0.0638 e. The van der Waals surface area contributed by atoms with E-state index in [1.165, 1.54) is 23.3 Å². The van der Waals surface area contributed by atoms with E-state index in [4.69, 9.17) is 0 Å². The lowest BCUT2D eigenvalue weighted by Crippen LogP contribution is -1.99. The molecule has 2 heteroatoms. The normalized spacial score (nSPS) is 16.6. The van der Waals surface area contributed by atoms with Crippen molar-refractivity contribution in [3.05, 3.63) is 23.5 Å². The third-order valence-corrected chi connectivity index (χ3v) is 2.33. The fraction of sp³-hybridized carbons (Fsp3) is 0.444. The SMILES string of the molecule is C=C1CCCc2c(C)n[nH]c21. The van der Waals surface area contributed by atoms with Gasteiger partial charge in [-0.1, -0.05) is 6.58 Å². The van der Waals surface area contributed by atoms with Crippen LogP contribution in [0.3, 0.4) is 0 Å². The largest absolute Gasteiger partial charge is 0.278 e. The first kappa shape index (κ1) is 6.65. The Kier molecular flexibility index (Phi) is 1.34. The number of aromatic amines is 1. The molecule has 2 nitrogen and oxygen atoms in total. The zero-order chi connectivity index (χ0) is 7.84. The molecule has 0 bridgehead atoms. The smallest absolute Gasteiger partial charge is 0.0638 e. The second-order valence-corrected chi connectivity index (χ2v) is 3.12. The highest BCUT2D eigenvalue weighted by atomic mass is 15.1. The molecule has 1 aliphatic carbocycles. The molecule has 0 aliphatic heterocycles. The van der Waals surface area contributed by atoms with E-state index >= 15 is 0 Å². The Morgan fingerprint density at radius 1 is 1.45 bits per heavy atom. The lowest BCUT2D eigenvalue weighted by Gasteiger charge is -2.12. The molecule has 1 aliphatic rings. The van der Waals surface area contributed by atoms with Gasteiger partial charge in [-0.2, -0.15) is 5.10 Å². The number of H-pyrrole nitrogens is 1. The van der Waals surface area contributed by atoms with Gasteiger partial charge < -0.3 is 0 Å². The molecule has 0 amide bonds. The van der Waals surface area contributed by atoms with Crippen LogP contribution in [0.4, 0.5) is 0 Å². The molecule has 1 aromatic heterocycles. The van der Waals surface area contributed by atoms with Gasteiger partial charge in [-0.25, -0.2) is 0 Å². The number of rotatable bonds is 0. The first-order valence-corrected chi connectivity index (χ1v) is 4.01. The predicted octanol–water partition coefficient (Wildman–Crippen LogP) is 2.07. The molecule has 0 fully saturated rings. The number of hydrogen-bond donors (Lipinski definition) is 1. The number of hydrogen-bond acceptors (Lipinski definition) is 1. The zero-order valence-corrected chi connectivity index (χ0v) is 6.78. The summed E-state index contributed by atoms with van der Waals surface area (Å²) in [6.45, 7) is 6.05. The molecular formula is C9H12N2. The van der Waals surface area contributed by atoms with Crippen molar-refractivity contribution in [3.8, 4) is 0 Å². The molecule has 2 rings (SSSR count). The standard InChI is InChI=1S/C9H12N2/c1-6-4-3-5-8-7(2)10-11-9(6)8/h1,3-5H2,2H3,(H,10,11). The Bertz CT molecular complexity index is 297. The van der Waals surface area contributed by atoms with Crippen LogP contribution in [0.2, 0.25) is 0 Å². The Morgan fingerprint density at radius 2 is 2.27 bits per heavy atom. The van der Waals surface area contributed by atoms with Gasteiger partial charge >= 0.3 is 0 Å². The molecule has 0 aromatic carbocycles. The quantitative estimate of drug-likeness (QED) is 0.599. The minimum absolute atomic E-state index is 1.12. The number of aryl methyl sites for hydroxylation is 1. The Labute approximate surface area is 66.3 Å². The Balaban J connectivity index is 2.55. The van der Waals surface area contributed by atoms with Gasteiger partial charge in [-0.15, -0.1) is 0 Å². The van der Waals surface area contributed by atoms with Gasteiger partial charge in [-0.05, 0) is 31.8 Å². The van der Waals surface area contributed by atoms with E-state index < -0.39 is 0 Å². The van der Waals surface area contributed by atoms with Crippen molar-refractivity contribution in [1.29, 1.82) is 0 Å². The summed E-state index contributed by atoms with van der Waals surface area (Å²) in [5, 5.41) is 7.19. The van der Waals surface area contributed by atoms with Crippen molar-refractivity contribution >= 4 is 5.57 Å². The molecule has 0 unspecified atom stereocenters. The van der Waals surface area contributed by atoms with Crippen LogP contribution in [-0.4, -0.2) is 10.2 Å². The Hall–Kier alpha value is -1.05. The molecular weight excluding hydrogens is 136 g/mol. The van der Waals surface area contributed by atoms with Gasteiger partial charge in [0.15, 0.2) is 0 Å². The lowest BCUT2D eigenvalue weighted by molar-refractivity contribution is 0.817. The van der Waals surface area contributed by atoms with Crippen molar-refractivity contribution < 1.29 is 0 Å². The highest BCUT2D eigenvalue weighted by Gasteiger charge is 2.16. The van der Waals surface area contributed by atoms with Crippen LogP contribution in [0.15, 0.2) is 6.58 Å². The molecule has 0 radical (unpaired) electrons. The van der Waals surface area contributed by atoms with Gasteiger partial charge in [0.25, 0.3) is 0 Å². The zero-order valence-electron chi connectivity index (χ0n) is 6.78. The summed E-state index contributed by atoms with van der Waals surface area (Å²) < 4.78 is 0. The van der Waals surface area contributed by atoms with E-state index in [0.29, 0.717) is 0 Å². The lowest BCUT2D eigenvalue weighted by atomic mass is 9.93. The first-order chi connectivity index (χ1) is 5.29. The summed E-state index contributed by atoms with van der Waals surface area (Å²) >= 11 is 0. The molecule has 58 valence electrons. The molecule has 1 N–H and O–H groups in total. The van der Waals surface area contributed by atoms with Crippen LogP contribution in [0.25, 0.3) is 5.57 Å². The van der Waals surface area contributed by atoms with Gasteiger partial charge in [0.05, 0.1) is 11.4 Å². The van der Waals surface area contributed by atoms with Gasteiger partial charge in [0, 0.05) is 5.56 Å². The summed E-state index contributed by atoms with van der Waals surface area (Å²) in [5.41, 5.74) is 4.92. The number of nitrogens with zero attached hydrogens (tertiary/aromatic N) is 1. The second kappa shape index (κ2) is 2.22. The van der Waals surface area contributed by atoms with Crippen molar-refractivity contribution in [2.24, 2.45) is 0 Å². The van der Waals surface area contributed by atoms with E-state index in [1.807, 2.05) is 6.92 Å². The van der Waals surface area contributed by atoms with Crippen molar-refractivity contribution in [2.45, 2.75) is 26.2 Å². The average Bonchev–Trinajstić information content (AvgIpc) is 2.35. The maximum atomic E-state index is 4.16. The van der Waals surface area contributed by atoms with Gasteiger partial charge in [0.1, 0.15) is 0 Å². The van der Waals surface area contributed by atoms with E-state index in [2.05, 4.69) is 16.8 Å². The van der Waals surface area contributed by atoms with Crippen LogP contribution in [0.1, 0.15) is 29.8 Å². The van der Waals surface area contributed by atoms with Crippen LogP contribution >= 0.6 is 0 Å². The number of aromatic nitrogens is 2. The third kappa shape index (κ3) is 0.897. The number of nitrogens with one attached hydrogen (secondary N) is 1. The minimum Gasteiger partial charge on any atom is -0.278 e. The summed E-state index contributed by atoms with van der Waals surface area (Å²) in [5.74, 6) is 0. The summed E-state index contributed by atoms with van der Waals surface area (Å²) in [6, 6.07) is 0. The maximum absolute atomic E-state index is 4.16. The van der Waals surface area contributed by atoms with Crippen LogP contribution < -0.4 is 0 Å². The summed E-state index contributed by atoms with van der Waals surface area (Å²) in [6.07, 6.45) is 3.51. The monoisotopic (exact) mass is 148 g/mol. The third-order valence-electron chi connectivity index (χ3n) is 2.33. The average molecular weight is 148 g/mol. The van der Waals surface area contributed by atoms with Crippen molar-refractivity contribution in [1.82, 2.24) is 10.2 Å². The van der Waals surface area contributed by atoms with E-state index in [-0.39, 0.29) is 0 Å². The predicted molar refractivity (Wildman–Crippen MR) is 45.3 cm³/mol. The van der Waals surface area contributed by atoms with Crippen LogP contribution in [0.5, 0.6) is 0 Å². The molecule has 0 saturated heterocycles. The fourth-order valence-electron chi connectivity index (χ4n) is 1.66. The summed E-state index contributed by atoms with van der Waals surface area (Å²) in [7, 11) is 0. The van der Waals surface area contributed by atoms with Crippen molar-refractivity contribution in [2.75, 3.05) is 0 Å². The van der Waals surface area contributed by atoms with E-state index in [0.717, 1.165) is 18.5 Å². The summed E-state index contributed by atoms with van der Waals surface area (Å²) in [4.78, 5) is 0. The second-order valence-electron chi connectivity index (χ2n) is 3.12. The molecule has 0 saturated carbocycles. The fourth-order valence-corrected chi connectivity index (χ4v) is 1.66. The number of allylic oxidation sites excluding steroid dienone is 1.